The van der Waals surface area contributed by atoms with Gasteiger partial charge in [-0.05, 0) is 45.3 Å². The molecule has 0 radical (unpaired) electrons. The first-order valence-corrected chi connectivity index (χ1v) is 7.81. The zero-order valence-corrected chi connectivity index (χ0v) is 12.5. The molecule has 0 aromatic carbocycles. The summed E-state index contributed by atoms with van der Waals surface area (Å²) in [6, 6.07) is 0.161. The number of aromatic nitrogens is 2. The number of hydrogen-bond acceptors (Lipinski definition) is 6. The average molecular weight is 292 g/mol. The van der Waals surface area contributed by atoms with E-state index >= 15 is 0 Å². The van der Waals surface area contributed by atoms with Gasteiger partial charge in [0.25, 0.3) is 0 Å². The lowest BCUT2D eigenvalue weighted by atomic mass is 9.99. The smallest absolute Gasteiger partial charge is 0.237 e. The summed E-state index contributed by atoms with van der Waals surface area (Å²) in [6.07, 6.45) is 7.96. The van der Waals surface area contributed by atoms with Crippen LogP contribution in [0.25, 0.3) is 0 Å². The van der Waals surface area contributed by atoms with Crippen molar-refractivity contribution < 1.29 is 9.47 Å². The van der Waals surface area contributed by atoms with Crippen molar-refractivity contribution in [2.75, 3.05) is 26.7 Å². The van der Waals surface area contributed by atoms with Crippen LogP contribution in [0.3, 0.4) is 0 Å². The van der Waals surface area contributed by atoms with Gasteiger partial charge in [-0.1, -0.05) is 0 Å². The van der Waals surface area contributed by atoms with E-state index in [-0.39, 0.29) is 18.2 Å². The molecule has 21 heavy (non-hydrogen) atoms. The minimum Gasteiger partial charge on any atom is -0.473 e. The SMILES string of the molecule is COC1CCNC(c2nccnc2OC2CCNCC2)C1. The van der Waals surface area contributed by atoms with Gasteiger partial charge in [-0.3, -0.25) is 4.98 Å². The van der Waals surface area contributed by atoms with Gasteiger partial charge in [-0.25, -0.2) is 4.98 Å². The van der Waals surface area contributed by atoms with Crippen molar-refractivity contribution >= 4 is 0 Å². The van der Waals surface area contributed by atoms with E-state index in [2.05, 4.69) is 20.6 Å². The topological polar surface area (TPSA) is 68.3 Å². The van der Waals surface area contributed by atoms with Crippen molar-refractivity contribution in [1.29, 1.82) is 0 Å². The molecule has 2 atom stereocenters. The third-order valence-electron chi connectivity index (χ3n) is 4.27. The second kappa shape index (κ2) is 7.15. The fourth-order valence-electron chi connectivity index (χ4n) is 3.04. The lowest BCUT2D eigenvalue weighted by molar-refractivity contribution is 0.0600. The summed E-state index contributed by atoms with van der Waals surface area (Å²) in [5.74, 6) is 0.679. The first kappa shape index (κ1) is 14.7. The van der Waals surface area contributed by atoms with Gasteiger partial charge >= 0.3 is 0 Å². The van der Waals surface area contributed by atoms with Gasteiger partial charge in [0.05, 0.1) is 12.1 Å². The Labute approximate surface area is 125 Å². The highest BCUT2D eigenvalue weighted by molar-refractivity contribution is 5.22. The summed E-state index contributed by atoms with van der Waals surface area (Å²) in [5.41, 5.74) is 0.915. The molecule has 3 rings (SSSR count). The lowest BCUT2D eigenvalue weighted by Crippen LogP contribution is -2.37. The first-order valence-electron chi connectivity index (χ1n) is 7.81. The molecular weight excluding hydrogens is 268 g/mol. The predicted octanol–water partition coefficient (Wildman–Crippen LogP) is 1.05. The highest BCUT2D eigenvalue weighted by Crippen LogP contribution is 2.29. The number of ether oxygens (including phenoxy) is 2. The van der Waals surface area contributed by atoms with Gasteiger partial charge in [-0.15, -0.1) is 0 Å². The summed E-state index contributed by atoms with van der Waals surface area (Å²) in [7, 11) is 1.77. The van der Waals surface area contributed by atoms with Gasteiger partial charge in [0.15, 0.2) is 0 Å². The van der Waals surface area contributed by atoms with Crippen LogP contribution in [-0.4, -0.2) is 48.9 Å². The van der Waals surface area contributed by atoms with E-state index in [1.54, 1.807) is 19.5 Å². The zero-order chi connectivity index (χ0) is 14.5. The molecule has 0 bridgehead atoms. The average Bonchev–Trinajstić information content (AvgIpc) is 2.56. The van der Waals surface area contributed by atoms with Crippen molar-refractivity contribution in [1.82, 2.24) is 20.6 Å². The van der Waals surface area contributed by atoms with Crippen molar-refractivity contribution in [3.05, 3.63) is 18.1 Å². The lowest BCUT2D eigenvalue weighted by Gasteiger charge is -2.30. The molecule has 2 unspecified atom stereocenters. The summed E-state index contributed by atoms with van der Waals surface area (Å²) in [5, 5.41) is 6.85. The van der Waals surface area contributed by atoms with Crippen LogP contribution in [0.5, 0.6) is 5.88 Å². The van der Waals surface area contributed by atoms with E-state index in [0.29, 0.717) is 5.88 Å². The number of nitrogens with one attached hydrogen (secondary N) is 2. The predicted molar refractivity (Wildman–Crippen MR) is 79.3 cm³/mol. The largest absolute Gasteiger partial charge is 0.473 e. The Morgan fingerprint density at radius 1 is 1.05 bits per heavy atom. The number of rotatable bonds is 4. The van der Waals surface area contributed by atoms with Crippen molar-refractivity contribution in [3.8, 4) is 5.88 Å². The van der Waals surface area contributed by atoms with Crippen LogP contribution < -0.4 is 15.4 Å². The molecule has 1 aromatic heterocycles. The molecule has 2 fully saturated rings. The first-order chi connectivity index (χ1) is 10.4. The van der Waals surface area contributed by atoms with E-state index in [4.69, 9.17) is 9.47 Å². The molecule has 2 N–H and O–H groups in total. The molecule has 0 aliphatic carbocycles. The molecule has 2 aliphatic heterocycles. The van der Waals surface area contributed by atoms with Crippen molar-refractivity contribution in [2.45, 2.75) is 43.9 Å². The monoisotopic (exact) mass is 292 g/mol. The van der Waals surface area contributed by atoms with Gasteiger partial charge in [-0.2, -0.15) is 0 Å². The van der Waals surface area contributed by atoms with Crippen LogP contribution >= 0.6 is 0 Å². The fraction of sp³-hybridized carbons (Fsp3) is 0.733. The Bertz CT molecular complexity index is 451. The maximum absolute atomic E-state index is 6.11. The third-order valence-corrected chi connectivity index (χ3v) is 4.27. The van der Waals surface area contributed by atoms with Crippen molar-refractivity contribution in [2.24, 2.45) is 0 Å². The van der Waals surface area contributed by atoms with Crippen LogP contribution in [0, 0.1) is 0 Å². The maximum atomic E-state index is 6.11. The molecule has 0 spiro atoms. The van der Waals surface area contributed by atoms with Gasteiger partial charge in [0, 0.05) is 19.5 Å². The number of hydrogen-bond donors (Lipinski definition) is 2. The van der Waals surface area contributed by atoms with Crippen LogP contribution in [0.1, 0.15) is 37.4 Å². The molecule has 2 aliphatic rings. The molecule has 2 saturated heterocycles. The second-order valence-corrected chi connectivity index (χ2v) is 5.70. The minimum atomic E-state index is 0.161. The Morgan fingerprint density at radius 3 is 2.62 bits per heavy atom. The summed E-state index contributed by atoms with van der Waals surface area (Å²) >= 11 is 0. The van der Waals surface area contributed by atoms with Crippen LogP contribution in [-0.2, 0) is 4.74 Å². The molecular formula is C15H24N4O2. The van der Waals surface area contributed by atoms with E-state index in [1.165, 1.54) is 0 Å². The summed E-state index contributed by atoms with van der Waals surface area (Å²) in [4.78, 5) is 8.93. The normalized spacial score (nSPS) is 27.5. The highest BCUT2D eigenvalue weighted by Gasteiger charge is 2.27. The van der Waals surface area contributed by atoms with Crippen LogP contribution in [0.4, 0.5) is 0 Å². The van der Waals surface area contributed by atoms with Crippen LogP contribution in [0.2, 0.25) is 0 Å². The fourth-order valence-corrected chi connectivity index (χ4v) is 3.04. The van der Waals surface area contributed by atoms with E-state index in [0.717, 1.165) is 51.0 Å². The van der Waals surface area contributed by atoms with E-state index in [1.807, 2.05) is 0 Å². The Balaban J connectivity index is 1.72. The number of nitrogens with zero attached hydrogens (tertiary/aromatic N) is 2. The second-order valence-electron chi connectivity index (χ2n) is 5.70. The number of methoxy groups -OCH3 is 1. The van der Waals surface area contributed by atoms with Gasteiger partial charge in [0.1, 0.15) is 11.8 Å². The molecule has 3 heterocycles. The third kappa shape index (κ3) is 3.70. The zero-order valence-electron chi connectivity index (χ0n) is 12.5. The molecule has 1 aromatic rings. The van der Waals surface area contributed by atoms with Gasteiger partial charge < -0.3 is 20.1 Å². The molecule has 0 saturated carbocycles. The summed E-state index contributed by atoms with van der Waals surface area (Å²) < 4.78 is 11.6. The molecule has 116 valence electrons. The van der Waals surface area contributed by atoms with Crippen LogP contribution in [0.15, 0.2) is 12.4 Å². The van der Waals surface area contributed by atoms with E-state index in [9.17, 15) is 0 Å². The number of piperidine rings is 2. The summed E-state index contributed by atoms with van der Waals surface area (Å²) in [6.45, 7) is 2.95. The quantitative estimate of drug-likeness (QED) is 0.864. The van der Waals surface area contributed by atoms with Gasteiger partial charge in [0.2, 0.25) is 5.88 Å². The van der Waals surface area contributed by atoms with Crippen molar-refractivity contribution in [3.63, 3.8) is 0 Å². The standard InChI is InChI=1S/C15H24N4O2/c1-20-12-4-7-17-13(10-12)14-15(19-9-8-18-14)21-11-2-5-16-6-3-11/h8-9,11-13,16-17H,2-7,10H2,1H3. The Kier molecular flexibility index (Phi) is 5.00. The van der Waals surface area contributed by atoms with E-state index < -0.39 is 0 Å². The molecule has 6 heteroatoms. The highest BCUT2D eigenvalue weighted by atomic mass is 16.5. The Hall–Kier alpha value is -1.24. The Morgan fingerprint density at radius 2 is 1.81 bits per heavy atom. The molecule has 6 nitrogen and oxygen atoms in total. The minimum absolute atomic E-state index is 0.161. The maximum Gasteiger partial charge on any atom is 0.237 e. The molecule has 0 amide bonds.